The van der Waals surface area contributed by atoms with Crippen molar-refractivity contribution in [2.45, 2.75) is 38.3 Å². The summed E-state index contributed by atoms with van der Waals surface area (Å²) >= 11 is 6.14. The lowest BCUT2D eigenvalue weighted by atomic mass is 10.2. The number of piperazine rings is 1. The summed E-state index contributed by atoms with van der Waals surface area (Å²) in [5.74, 6) is 0.740. The van der Waals surface area contributed by atoms with E-state index < -0.39 is 0 Å². The van der Waals surface area contributed by atoms with Gasteiger partial charge >= 0.3 is 0 Å². The molecule has 1 amide bonds. The standard InChI is InChI=1S/C20H29ClFN5O/c1-23-20(24-9-3-6-19(28)25-15-7-8-15)27-12-10-26(11-13-27)14-16-17(21)4-2-5-18(16)22/h2,4-5,15H,3,6-14H2,1H3,(H,23,24)(H,25,28). The first kappa shape index (κ1) is 20.9. The van der Waals surface area contributed by atoms with E-state index in [4.69, 9.17) is 11.6 Å². The van der Waals surface area contributed by atoms with Gasteiger partial charge in [-0.1, -0.05) is 17.7 Å². The molecule has 2 N–H and O–H groups in total. The molecule has 1 aliphatic carbocycles. The van der Waals surface area contributed by atoms with Crippen molar-refractivity contribution in [2.24, 2.45) is 4.99 Å². The minimum absolute atomic E-state index is 0.139. The molecule has 2 aliphatic rings. The summed E-state index contributed by atoms with van der Waals surface area (Å²) in [4.78, 5) is 20.5. The highest BCUT2D eigenvalue weighted by Crippen LogP contribution is 2.21. The Morgan fingerprint density at radius 1 is 1.29 bits per heavy atom. The number of guanidine groups is 1. The molecule has 1 aromatic rings. The highest BCUT2D eigenvalue weighted by atomic mass is 35.5. The summed E-state index contributed by atoms with van der Waals surface area (Å²) in [5, 5.41) is 6.82. The zero-order chi connectivity index (χ0) is 19.9. The van der Waals surface area contributed by atoms with E-state index in [1.807, 2.05) is 0 Å². The second-order valence-electron chi connectivity index (χ2n) is 7.38. The molecule has 2 fully saturated rings. The van der Waals surface area contributed by atoms with Crippen molar-refractivity contribution in [3.63, 3.8) is 0 Å². The van der Waals surface area contributed by atoms with Gasteiger partial charge in [-0.3, -0.25) is 14.7 Å². The molecular weight excluding hydrogens is 381 g/mol. The second kappa shape index (κ2) is 10.1. The van der Waals surface area contributed by atoms with Crippen LogP contribution in [0.4, 0.5) is 4.39 Å². The van der Waals surface area contributed by atoms with Crippen LogP contribution in [0.2, 0.25) is 5.02 Å². The molecule has 28 heavy (non-hydrogen) atoms. The van der Waals surface area contributed by atoms with E-state index in [0.717, 1.165) is 57.9 Å². The topological polar surface area (TPSA) is 60.0 Å². The molecule has 0 aromatic heterocycles. The molecule has 0 bridgehead atoms. The number of hydrogen-bond donors (Lipinski definition) is 2. The van der Waals surface area contributed by atoms with E-state index in [0.29, 0.717) is 29.6 Å². The highest BCUT2D eigenvalue weighted by molar-refractivity contribution is 6.31. The summed E-state index contributed by atoms with van der Waals surface area (Å²) in [6.07, 6.45) is 3.55. The summed E-state index contributed by atoms with van der Waals surface area (Å²) in [7, 11) is 1.77. The van der Waals surface area contributed by atoms with E-state index in [1.165, 1.54) is 6.07 Å². The molecule has 0 atom stereocenters. The Morgan fingerprint density at radius 2 is 2.04 bits per heavy atom. The number of hydrogen-bond acceptors (Lipinski definition) is 3. The largest absolute Gasteiger partial charge is 0.356 e. The number of carbonyl (C=O) groups is 1. The Labute approximate surface area is 171 Å². The summed E-state index contributed by atoms with van der Waals surface area (Å²) < 4.78 is 14.0. The van der Waals surface area contributed by atoms with Crippen molar-refractivity contribution in [1.82, 2.24) is 20.4 Å². The predicted molar refractivity (Wildman–Crippen MR) is 110 cm³/mol. The number of aliphatic imine (C=N–C) groups is 1. The average molecular weight is 410 g/mol. The lowest BCUT2D eigenvalue weighted by Gasteiger charge is -2.36. The maximum absolute atomic E-state index is 14.0. The van der Waals surface area contributed by atoms with Crippen LogP contribution in [0.5, 0.6) is 0 Å². The molecule has 154 valence electrons. The lowest BCUT2D eigenvalue weighted by molar-refractivity contribution is -0.121. The van der Waals surface area contributed by atoms with E-state index >= 15 is 0 Å². The Balaban J connectivity index is 1.38. The monoisotopic (exact) mass is 409 g/mol. The molecule has 3 rings (SSSR count). The molecule has 0 radical (unpaired) electrons. The van der Waals surface area contributed by atoms with Crippen LogP contribution in [0.3, 0.4) is 0 Å². The fourth-order valence-corrected chi connectivity index (χ4v) is 3.56. The molecular formula is C20H29ClFN5O. The Morgan fingerprint density at radius 3 is 2.68 bits per heavy atom. The SMILES string of the molecule is CN=C(NCCCC(=O)NC1CC1)N1CCN(Cc2c(F)cccc2Cl)CC1. The van der Waals surface area contributed by atoms with E-state index in [2.05, 4.69) is 25.4 Å². The number of benzene rings is 1. The summed E-state index contributed by atoms with van der Waals surface area (Å²) in [5.41, 5.74) is 0.560. The first-order valence-corrected chi connectivity index (χ1v) is 10.3. The quantitative estimate of drug-likeness (QED) is 0.412. The molecule has 1 saturated heterocycles. The van der Waals surface area contributed by atoms with Crippen molar-refractivity contribution in [3.8, 4) is 0 Å². The number of nitrogens with zero attached hydrogens (tertiary/aromatic N) is 3. The third kappa shape index (κ3) is 6.07. The van der Waals surface area contributed by atoms with Gasteiger partial charge in [-0.15, -0.1) is 0 Å². The average Bonchev–Trinajstić information content (AvgIpc) is 3.49. The van der Waals surface area contributed by atoms with Crippen LogP contribution in [0.25, 0.3) is 0 Å². The number of amides is 1. The molecule has 8 heteroatoms. The van der Waals surface area contributed by atoms with Crippen LogP contribution in [0, 0.1) is 5.82 Å². The smallest absolute Gasteiger partial charge is 0.220 e. The minimum atomic E-state index is -0.252. The summed E-state index contributed by atoms with van der Waals surface area (Å²) in [6.45, 7) is 4.49. The Bertz CT molecular complexity index is 682. The number of halogens is 2. The van der Waals surface area contributed by atoms with Gasteiger partial charge in [0.05, 0.1) is 0 Å². The first-order valence-electron chi connectivity index (χ1n) is 9.97. The first-order chi connectivity index (χ1) is 13.6. The van der Waals surface area contributed by atoms with E-state index in [9.17, 15) is 9.18 Å². The van der Waals surface area contributed by atoms with Crippen molar-refractivity contribution in [3.05, 3.63) is 34.6 Å². The van der Waals surface area contributed by atoms with Crippen LogP contribution in [-0.2, 0) is 11.3 Å². The molecule has 1 aliphatic heterocycles. The van der Waals surface area contributed by atoms with Crippen molar-refractivity contribution in [2.75, 3.05) is 39.8 Å². The normalized spacial score (nSPS) is 18.2. The van der Waals surface area contributed by atoms with Gasteiger partial charge in [0, 0.05) is 69.4 Å². The zero-order valence-corrected chi connectivity index (χ0v) is 17.1. The van der Waals surface area contributed by atoms with Crippen LogP contribution >= 0.6 is 11.6 Å². The van der Waals surface area contributed by atoms with Crippen molar-refractivity contribution < 1.29 is 9.18 Å². The molecule has 0 spiro atoms. The van der Waals surface area contributed by atoms with Crippen LogP contribution in [0.15, 0.2) is 23.2 Å². The Hall–Kier alpha value is -1.86. The van der Waals surface area contributed by atoms with Gasteiger partial charge in [0.15, 0.2) is 5.96 Å². The highest BCUT2D eigenvalue weighted by Gasteiger charge is 2.23. The van der Waals surface area contributed by atoms with Gasteiger partial charge in [-0.25, -0.2) is 4.39 Å². The van der Waals surface area contributed by atoms with Crippen LogP contribution in [-0.4, -0.2) is 67.5 Å². The van der Waals surface area contributed by atoms with E-state index in [-0.39, 0.29) is 11.7 Å². The third-order valence-electron chi connectivity index (χ3n) is 5.13. The fourth-order valence-electron chi connectivity index (χ4n) is 3.33. The third-order valence-corrected chi connectivity index (χ3v) is 5.49. The van der Waals surface area contributed by atoms with Crippen molar-refractivity contribution >= 4 is 23.5 Å². The maximum Gasteiger partial charge on any atom is 0.220 e. The summed E-state index contributed by atoms with van der Waals surface area (Å²) in [6, 6.07) is 5.23. The molecule has 1 aromatic carbocycles. The zero-order valence-electron chi connectivity index (χ0n) is 16.4. The van der Waals surface area contributed by atoms with Gasteiger partial charge in [0.2, 0.25) is 5.91 Å². The molecule has 0 unspecified atom stereocenters. The number of nitrogens with one attached hydrogen (secondary N) is 2. The molecule has 6 nitrogen and oxygen atoms in total. The number of carbonyl (C=O) groups excluding carboxylic acids is 1. The molecule has 1 saturated carbocycles. The minimum Gasteiger partial charge on any atom is -0.356 e. The predicted octanol–water partition coefficient (Wildman–Crippen LogP) is 2.23. The second-order valence-corrected chi connectivity index (χ2v) is 7.79. The van der Waals surface area contributed by atoms with Crippen LogP contribution in [0.1, 0.15) is 31.2 Å². The van der Waals surface area contributed by atoms with E-state index in [1.54, 1.807) is 19.2 Å². The van der Waals surface area contributed by atoms with Crippen LogP contribution < -0.4 is 10.6 Å². The molecule has 1 heterocycles. The fraction of sp³-hybridized carbons (Fsp3) is 0.600. The van der Waals surface area contributed by atoms with Gasteiger partial charge in [-0.05, 0) is 31.4 Å². The van der Waals surface area contributed by atoms with Gasteiger partial charge in [0.1, 0.15) is 5.82 Å². The van der Waals surface area contributed by atoms with Gasteiger partial charge in [-0.2, -0.15) is 0 Å². The number of rotatable bonds is 7. The Kier molecular flexibility index (Phi) is 7.50. The maximum atomic E-state index is 14.0. The van der Waals surface area contributed by atoms with Gasteiger partial charge in [0.25, 0.3) is 0 Å². The lowest BCUT2D eigenvalue weighted by Crippen LogP contribution is -2.52. The van der Waals surface area contributed by atoms with Gasteiger partial charge < -0.3 is 15.5 Å². The van der Waals surface area contributed by atoms with Crippen molar-refractivity contribution in [1.29, 1.82) is 0 Å².